The number of hydrogen-bond acceptors (Lipinski definition) is 33. The van der Waals surface area contributed by atoms with Crippen LogP contribution in [-0.4, -0.2) is 230 Å². The van der Waals surface area contributed by atoms with Gasteiger partial charge in [0.25, 0.3) is 0 Å². The van der Waals surface area contributed by atoms with Gasteiger partial charge in [0.2, 0.25) is 5.91 Å². The molecule has 1 amide bonds. The monoisotopic (exact) mass is 1700 g/mol. The summed E-state index contributed by atoms with van der Waals surface area (Å²) in [5, 5.41) is 83.6. The Bertz CT molecular complexity index is 4000. The maximum absolute atomic E-state index is 12.4. The fourth-order valence-electron chi connectivity index (χ4n) is 10.2. The van der Waals surface area contributed by atoms with Gasteiger partial charge < -0.3 is 126 Å². The van der Waals surface area contributed by atoms with E-state index in [4.69, 9.17) is 79.7 Å². The molecule has 4 aromatic heterocycles. The Balaban J connectivity index is 0.000000251. The van der Waals surface area contributed by atoms with Crippen LogP contribution in [0, 0.1) is 10.5 Å². The van der Waals surface area contributed by atoms with Crippen LogP contribution in [0.3, 0.4) is 0 Å². The lowest BCUT2D eigenvalue weighted by Gasteiger charge is -2.36. The van der Waals surface area contributed by atoms with E-state index in [1.54, 1.807) is 13.8 Å². The lowest BCUT2D eigenvalue weighted by Crippen LogP contribution is -2.41. The van der Waals surface area contributed by atoms with E-state index in [2.05, 4.69) is 77.2 Å². The second-order valence-corrected chi connectivity index (χ2v) is 36.2. The molecule has 0 saturated carbocycles. The van der Waals surface area contributed by atoms with E-state index in [9.17, 15) is 83.1 Å². The third kappa shape index (κ3) is 23.4. The predicted octanol–water partition coefficient (Wildman–Crippen LogP) is -3.86. The number of carbonyl (C=O) groups excluding carboxylic acids is 1. The van der Waals surface area contributed by atoms with Gasteiger partial charge in [-0.2, -0.15) is 19.9 Å². The molecule has 4 unspecified atom stereocenters. The Hall–Kier alpha value is -4.74. The first kappa shape index (κ1) is 89.9. The molecule has 0 aromatic carbocycles. The average molecular weight is 1700 g/mol. The lowest BCUT2D eigenvalue weighted by atomic mass is 10.1. The highest BCUT2D eigenvalue weighted by molar-refractivity contribution is 14.1. The number of aliphatic hydroxyl groups excluding tert-OH is 8. The van der Waals surface area contributed by atoms with E-state index in [-0.39, 0.29) is 34.9 Å². The van der Waals surface area contributed by atoms with E-state index in [0.717, 1.165) is 18.3 Å². The van der Waals surface area contributed by atoms with Crippen LogP contribution in [0.4, 0.5) is 23.3 Å². The first-order valence-corrected chi connectivity index (χ1v) is 40.8. The summed E-state index contributed by atoms with van der Waals surface area (Å²) in [5.74, 6) is -0.328. The number of anilines is 4. The molecule has 52 heteroatoms. The zero-order valence-electron chi connectivity index (χ0n) is 57.3. The molecule has 46 nitrogen and oxygen atoms in total. The van der Waals surface area contributed by atoms with Gasteiger partial charge in [0, 0.05) is 48.4 Å². The van der Waals surface area contributed by atoms with Gasteiger partial charge in [0.15, 0.2) is 33.2 Å². The molecule has 8 rings (SSSR count). The van der Waals surface area contributed by atoms with Crippen LogP contribution >= 0.6 is 53.9 Å². The van der Waals surface area contributed by atoms with Crippen molar-refractivity contribution in [3.63, 3.8) is 0 Å². The maximum atomic E-state index is 12.4. The molecule has 4 aliphatic rings. The van der Waals surface area contributed by atoms with Crippen molar-refractivity contribution in [2.24, 2.45) is 0 Å². The SMILES string of the molecule is CC(OP(=O)(O)O)[C@H]1O[C@@H](n2cc(CO[Si](C)(C)C(C)(C)C)c(N)nc2=O)[C@H](O)[C@@H]1O.CC(OP(=O)(O)O)[C@H]1O[C@@H](n2cc(I)c(N)nc2=O)[C@H](O)[C@@H]1O.CCc1cn([C@@H]2O[C@H](C(C)OP(=O)(O)O)[C@@H](O)[C@H]2O)c(=O)nc1NC(C)=O.Cc1cn([C@@H]2O[C@H](C(C)OP(=O)(O)O)[C@@H](O)[C@H]2O)c(=O)nc1N. The van der Waals surface area contributed by atoms with Crippen LogP contribution in [0.15, 0.2) is 44.0 Å². The van der Waals surface area contributed by atoms with Crippen LogP contribution in [0.5, 0.6) is 0 Å². The zero-order valence-corrected chi connectivity index (χ0v) is 64.0. The number of phosphoric ester groups is 4. The number of aryl methyl sites for hydroxylation is 2. The van der Waals surface area contributed by atoms with E-state index in [1.165, 1.54) is 59.4 Å². The van der Waals surface area contributed by atoms with E-state index in [1.807, 2.05) is 22.6 Å². The Morgan fingerprint density at radius 1 is 0.529 bits per heavy atom. The van der Waals surface area contributed by atoms with Gasteiger partial charge in [-0.25, -0.2) is 37.4 Å². The van der Waals surface area contributed by atoms with E-state index >= 15 is 0 Å². The van der Waals surface area contributed by atoms with E-state index in [0.29, 0.717) is 26.7 Å². The highest BCUT2D eigenvalue weighted by Crippen LogP contribution is 2.46. The topological polar surface area (TPSA) is 722 Å². The van der Waals surface area contributed by atoms with Crippen LogP contribution in [0.2, 0.25) is 18.1 Å². The smallest absolute Gasteiger partial charge is 0.412 e. The third-order valence-electron chi connectivity index (χ3n) is 16.5. The molecule has 0 bridgehead atoms. The molecular formula is C52H87IN12O34P4Si. The molecule has 4 fully saturated rings. The van der Waals surface area contributed by atoms with Crippen LogP contribution in [0.25, 0.3) is 0 Å². The number of rotatable bonds is 21. The van der Waals surface area contributed by atoms with E-state index < -0.39 is 191 Å². The molecule has 4 saturated heterocycles. The summed E-state index contributed by atoms with van der Waals surface area (Å²) in [6.45, 7) is 20.1. The zero-order chi connectivity index (χ0) is 79.5. The minimum atomic E-state index is -4.86. The maximum Gasteiger partial charge on any atom is 0.469 e. The normalized spacial score (nSPS) is 27.9. The molecule has 0 aliphatic carbocycles. The van der Waals surface area contributed by atoms with Gasteiger partial charge in [0.05, 0.1) is 34.6 Å². The fourth-order valence-corrected chi connectivity index (χ4v) is 13.8. The number of nitrogens with one attached hydrogen (secondary N) is 1. The largest absolute Gasteiger partial charge is 0.469 e. The van der Waals surface area contributed by atoms with Crippen molar-refractivity contribution >= 4 is 91.4 Å². The average Bonchev–Trinajstić information content (AvgIpc) is 1.67. The third-order valence-corrected chi connectivity index (χ3v) is 24.3. The first-order chi connectivity index (χ1) is 47.4. The molecule has 4 aromatic rings. The Labute approximate surface area is 603 Å². The van der Waals surface area contributed by atoms with Crippen molar-refractivity contribution in [1.82, 2.24) is 38.2 Å². The van der Waals surface area contributed by atoms with Crippen molar-refractivity contribution in [2.45, 2.75) is 223 Å². The summed E-state index contributed by atoms with van der Waals surface area (Å²) < 4.78 is 93.8. The number of amides is 1. The van der Waals surface area contributed by atoms with Crippen molar-refractivity contribution in [2.75, 3.05) is 22.5 Å². The van der Waals surface area contributed by atoms with Gasteiger partial charge >= 0.3 is 54.0 Å². The Kier molecular flexibility index (Phi) is 30.5. The predicted molar refractivity (Wildman–Crippen MR) is 364 cm³/mol. The molecule has 20 atom stereocenters. The standard InChI is InChI=1S/C17H32N3O9PSi.C14H22N3O9P.C11H18N3O8P.C10H15IN3O8P/c1-9(29-30(24,25)26)13-11(21)12(22)15(28-13)20-7-10(14(18)19-16(20)23)8-27-31(5,6)17(2,3)4;1-4-8-5-17(14(21)16-12(8)15-7(3)18)13-10(20)9(19)11(25-13)6(2)26-27(22,23)24;1-4-3-14(11(17)13-9(4)12)10-7(16)6(15)8(21-10)5(2)22-23(18,19)20;1-3(22-23(18,19)20)7-5(15)6(16)9(21-7)14-2-4(11)8(12)13-10(14)17/h7,9,11-13,15,21-22H,8H2,1-6H3,(H2,18,19,23)(H2,24,25,26);5-6,9-11,13,19-20H,4H2,1-3H3,(H2,22,23,24)(H,15,16,18,21);3,5-8,10,15-16H,1-2H3,(H2,12,13,17)(H2,18,19,20);2-3,5-7,9,15-16H,1H3,(H2,12,13,17)(H2,18,19,20)/t9?,11-,12+,13+,15+;6?,9-,10+,11+,13+;5?,6-,7+,8+,10+;3?,5-,6+,7+,9+/m0000/s1. The number of ether oxygens (including phenoxy) is 4. The molecule has 0 radical (unpaired) electrons. The van der Waals surface area contributed by atoms with Crippen molar-refractivity contribution in [1.29, 1.82) is 0 Å². The number of halogens is 1. The summed E-state index contributed by atoms with van der Waals surface area (Å²) in [5.41, 5.74) is 15.0. The summed E-state index contributed by atoms with van der Waals surface area (Å²) in [7, 11) is -21.4. The van der Waals surface area contributed by atoms with Gasteiger partial charge in [-0.1, -0.05) is 27.7 Å². The molecular weight excluding hydrogens is 1620 g/mol. The highest BCUT2D eigenvalue weighted by Gasteiger charge is 2.52. The van der Waals surface area contributed by atoms with Crippen LogP contribution in [0.1, 0.15) is 104 Å². The second kappa shape index (κ2) is 35.3. The number of nitrogen functional groups attached to an aromatic ring is 3. The highest BCUT2D eigenvalue weighted by atomic mass is 127. The molecule has 8 heterocycles. The summed E-state index contributed by atoms with van der Waals surface area (Å²) in [6, 6.07) is 0. The molecule has 590 valence electrons. The summed E-state index contributed by atoms with van der Waals surface area (Å²) in [6.07, 6.45) is -22.1. The van der Waals surface area contributed by atoms with Crippen molar-refractivity contribution < 1.29 is 145 Å². The number of hydrogen-bond donors (Lipinski definition) is 20. The minimum absolute atomic E-state index is 0.00892. The van der Waals surface area contributed by atoms with Crippen LogP contribution < -0.4 is 45.3 Å². The lowest BCUT2D eigenvalue weighted by molar-refractivity contribution is -0.114. The quantitative estimate of drug-likeness (QED) is 0.0216. The van der Waals surface area contributed by atoms with Gasteiger partial charge in [-0.3, -0.25) is 41.2 Å². The number of aromatic nitrogens is 8. The van der Waals surface area contributed by atoms with Crippen molar-refractivity contribution in [3.05, 3.63) is 87.0 Å². The second-order valence-electron chi connectivity index (χ2n) is 25.5. The fraction of sp³-hybridized carbons (Fsp3) is 0.673. The van der Waals surface area contributed by atoms with Gasteiger partial charge in [0.1, 0.15) is 96.5 Å². The first-order valence-electron chi connectivity index (χ1n) is 30.7. The Morgan fingerprint density at radius 2 is 0.817 bits per heavy atom. The number of nitrogens with two attached hydrogens (primary N) is 3. The van der Waals surface area contributed by atoms with Gasteiger partial charge in [-0.05, 0) is 81.8 Å². The molecule has 4 aliphatic heterocycles. The molecule has 0 spiro atoms. The summed E-state index contributed by atoms with van der Waals surface area (Å²) in [4.78, 5) is 145. The van der Waals surface area contributed by atoms with Crippen LogP contribution in [-0.2, 0) is 77.6 Å². The number of aliphatic hydroxyl groups is 8. The number of phosphoric acid groups is 4. The summed E-state index contributed by atoms with van der Waals surface area (Å²) >= 11 is 1.83. The van der Waals surface area contributed by atoms with Gasteiger partial charge in [-0.15, -0.1) is 0 Å². The number of carbonyl (C=O) groups is 1. The molecule has 23 N–H and O–H groups in total. The number of nitrogens with zero attached hydrogens (tertiary/aromatic N) is 8. The Morgan fingerprint density at radius 3 is 1.12 bits per heavy atom. The van der Waals surface area contributed by atoms with Crippen molar-refractivity contribution in [3.8, 4) is 0 Å². The minimum Gasteiger partial charge on any atom is -0.412 e. The molecule has 104 heavy (non-hydrogen) atoms.